The van der Waals surface area contributed by atoms with Crippen molar-refractivity contribution in [2.75, 3.05) is 12.6 Å². The minimum absolute atomic E-state index is 0.194. The number of rotatable bonds is 5. The number of hydrogen-bond acceptors (Lipinski definition) is 4. The van der Waals surface area contributed by atoms with E-state index < -0.39 is 0 Å². The highest BCUT2D eigenvalue weighted by Gasteiger charge is 2.28. The summed E-state index contributed by atoms with van der Waals surface area (Å²) in [6, 6.07) is 7.65. The van der Waals surface area contributed by atoms with Crippen LogP contribution in [0.1, 0.15) is 59.1 Å². The van der Waals surface area contributed by atoms with Crippen LogP contribution in [0.3, 0.4) is 0 Å². The molecule has 0 aromatic heterocycles. The molecular formula is C18H32N2O2. The smallest absolute Gasteiger partial charge is 0.0991 e. The van der Waals surface area contributed by atoms with E-state index in [1.54, 1.807) is 6.07 Å². The van der Waals surface area contributed by atoms with Gasteiger partial charge in [0, 0.05) is 7.11 Å². The van der Waals surface area contributed by atoms with E-state index in [0.717, 1.165) is 24.8 Å². The summed E-state index contributed by atoms with van der Waals surface area (Å²) in [7, 11) is 1.00. The van der Waals surface area contributed by atoms with Gasteiger partial charge in [-0.2, -0.15) is 5.26 Å². The van der Waals surface area contributed by atoms with Crippen LogP contribution in [0, 0.1) is 24.2 Å². The molecule has 4 nitrogen and oxygen atoms in total. The van der Waals surface area contributed by atoms with Gasteiger partial charge in [-0.1, -0.05) is 34.6 Å². The van der Waals surface area contributed by atoms with Crippen LogP contribution in [0.5, 0.6) is 0 Å². The molecule has 0 bridgehead atoms. The Kier molecular flexibility index (Phi) is 12.4. The average molecular weight is 308 g/mol. The van der Waals surface area contributed by atoms with E-state index in [1.165, 1.54) is 0 Å². The highest BCUT2D eigenvalue weighted by atomic mass is 16.7. The first-order valence-corrected chi connectivity index (χ1v) is 7.82. The predicted molar refractivity (Wildman–Crippen MR) is 93.6 cm³/mol. The lowest BCUT2D eigenvalue weighted by molar-refractivity contribution is -0.0362. The standard InChI is InChI=1S/C15H22N2O.C2H6.CH4O/c1-6-15(5,11(2)3)18-17-14-8-7-13(10-16)9-12(14)4;2*1-2/h7-9,11,17H,6H2,1-5H3;1-2H3;2H,1H3. The molecule has 1 aromatic carbocycles. The Morgan fingerprint density at radius 2 is 1.86 bits per heavy atom. The SMILES string of the molecule is CC.CCC(C)(ONc1ccc(C#N)cc1C)C(C)C.CO. The molecule has 0 spiro atoms. The number of aliphatic hydroxyl groups is 1. The summed E-state index contributed by atoms with van der Waals surface area (Å²) in [5, 5.41) is 15.8. The Bertz CT molecular complexity index is 453. The van der Waals surface area contributed by atoms with Crippen LogP contribution >= 0.6 is 0 Å². The maximum absolute atomic E-state index is 8.82. The van der Waals surface area contributed by atoms with Crippen LogP contribution in [-0.4, -0.2) is 17.8 Å². The van der Waals surface area contributed by atoms with Gasteiger partial charge in [0.25, 0.3) is 0 Å². The molecule has 0 fully saturated rings. The lowest BCUT2D eigenvalue weighted by atomic mass is 9.90. The van der Waals surface area contributed by atoms with E-state index in [1.807, 2.05) is 32.9 Å². The largest absolute Gasteiger partial charge is 0.400 e. The summed E-state index contributed by atoms with van der Waals surface area (Å²) in [6.07, 6.45) is 0.937. The second kappa shape index (κ2) is 12.0. The number of nitrogens with zero attached hydrogens (tertiary/aromatic N) is 1. The molecule has 126 valence electrons. The minimum Gasteiger partial charge on any atom is -0.400 e. The molecule has 0 radical (unpaired) electrons. The first-order valence-electron chi connectivity index (χ1n) is 7.82. The van der Waals surface area contributed by atoms with Crippen molar-refractivity contribution in [2.45, 2.75) is 60.5 Å². The quantitative estimate of drug-likeness (QED) is 0.776. The van der Waals surface area contributed by atoms with Crippen molar-refractivity contribution in [1.29, 1.82) is 5.26 Å². The first kappa shape index (κ1) is 22.7. The molecule has 0 heterocycles. The zero-order valence-electron chi connectivity index (χ0n) is 15.3. The van der Waals surface area contributed by atoms with Crippen LogP contribution in [-0.2, 0) is 4.84 Å². The molecule has 0 aliphatic heterocycles. The molecule has 0 aliphatic rings. The van der Waals surface area contributed by atoms with Crippen LogP contribution in [0.4, 0.5) is 5.69 Å². The molecule has 1 atom stereocenters. The van der Waals surface area contributed by atoms with Gasteiger partial charge >= 0.3 is 0 Å². The zero-order valence-corrected chi connectivity index (χ0v) is 15.3. The second-order valence-electron chi connectivity index (χ2n) is 5.17. The lowest BCUT2D eigenvalue weighted by Crippen LogP contribution is -2.36. The molecule has 0 saturated heterocycles. The number of anilines is 1. The molecule has 4 heteroatoms. The van der Waals surface area contributed by atoms with Gasteiger partial charge in [0.05, 0.1) is 22.9 Å². The van der Waals surface area contributed by atoms with Gasteiger partial charge in [0.2, 0.25) is 0 Å². The summed E-state index contributed by atoms with van der Waals surface area (Å²) < 4.78 is 0. The topological polar surface area (TPSA) is 65.3 Å². The maximum atomic E-state index is 8.82. The van der Waals surface area contributed by atoms with E-state index in [-0.39, 0.29) is 5.60 Å². The second-order valence-corrected chi connectivity index (χ2v) is 5.17. The Morgan fingerprint density at radius 3 is 2.23 bits per heavy atom. The van der Waals surface area contributed by atoms with E-state index in [9.17, 15) is 0 Å². The third kappa shape index (κ3) is 6.93. The summed E-state index contributed by atoms with van der Waals surface area (Å²) in [6.45, 7) is 14.5. The van der Waals surface area contributed by atoms with Gasteiger partial charge in [-0.05, 0) is 49.9 Å². The average Bonchev–Trinajstić information content (AvgIpc) is 2.56. The number of hydrogen-bond donors (Lipinski definition) is 2. The summed E-state index contributed by atoms with van der Waals surface area (Å²) in [5.74, 6) is 0.425. The fourth-order valence-electron chi connectivity index (χ4n) is 1.62. The van der Waals surface area contributed by atoms with Crippen molar-refractivity contribution < 1.29 is 9.94 Å². The molecule has 1 rings (SSSR count). The van der Waals surface area contributed by atoms with E-state index >= 15 is 0 Å². The Hall–Kier alpha value is -1.57. The van der Waals surface area contributed by atoms with Crippen molar-refractivity contribution in [3.8, 4) is 6.07 Å². The molecule has 0 saturated carbocycles. The van der Waals surface area contributed by atoms with E-state index in [0.29, 0.717) is 11.5 Å². The first-order chi connectivity index (χ1) is 10.4. The van der Waals surface area contributed by atoms with E-state index in [4.69, 9.17) is 15.2 Å². The van der Waals surface area contributed by atoms with Crippen molar-refractivity contribution >= 4 is 5.69 Å². The van der Waals surface area contributed by atoms with Gasteiger partial charge in [0.1, 0.15) is 0 Å². The van der Waals surface area contributed by atoms with Crippen LogP contribution in [0.2, 0.25) is 0 Å². The molecule has 0 aliphatic carbocycles. The number of aryl methyl sites for hydroxylation is 1. The lowest BCUT2D eigenvalue weighted by Gasteiger charge is -2.32. The maximum Gasteiger partial charge on any atom is 0.0991 e. The molecular weight excluding hydrogens is 276 g/mol. The molecule has 22 heavy (non-hydrogen) atoms. The predicted octanol–water partition coefficient (Wildman–Crippen LogP) is 4.67. The van der Waals surface area contributed by atoms with Gasteiger partial charge in [-0.25, -0.2) is 0 Å². The fourth-order valence-corrected chi connectivity index (χ4v) is 1.62. The monoisotopic (exact) mass is 308 g/mol. The summed E-state index contributed by atoms with van der Waals surface area (Å²) >= 11 is 0. The number of nitriles is 1. The summed E-state index contributed by atoms with van der Waals surface area (Å²) in [4.78, 5) is 5.85. The zero-order chi connectivity index (χ0) is 17.8. The van der Waals surface area contributed by atoms with Crippen molar-refractivity contribution in [2.24, 2.45) is 5.92 Å². The van der Waals surface area contributed by atoms with Gasteiger partial charge in [-0.3, -0.25) is 10.3 Å². The van der Waals surface area contributed by atoms with Gasteiger partial charge < -0.3 is 5.11 Å². The molecule has 2 N–H and O–H groups in total. The normalized spacial score (nSPS) is 12.0. The Balaban J connectivity index is 0. The molecule has 1 unspecified atom stereocenters. The summed E-state index contributed by atoms with van der Waals surface area (Å²) in [5.41, 5.74) is 5.42. The number of nitrogens with one attached hydrogen (secondary N) is 1. The third-order valence-corrected chi connectivity index (χ3v) is 3.67. The van der Waals surface area contributed by atoms with Gasteiger partial charge in [0.15, 0.2) is 0 Å². The highest BCUT2D eigenvalue weighted by Crippen LogP contribution is 2.26. The fraction of sp³-hybridized carbons (Fsp3) is 0.611. The van der Waals surface area contributed by atoms with Crippen LogP contribution in [0.15, 0.2) is 18.2 Å². The molecule has 0 amide bonds. The Labute approximate surface area is 136 Å². The highest BCUT2D eigenvalue weighted by molar-refractivity contribution is 5.52. The number of benzene rings is 1. The minimum atomic E-state index is -0.194. The van der Waals surface area contributed by atoms with Gasteiger partial charge in [-0.15, -0.1) is 0 Å². The van der Waals surface area contributed by atoms with Crippen LogP contribution in [0.25, 0.3) is 0 Å². The van der Waals surface area contributed by atoms with E-state index in [2.05, 4.69) is 39.2 Å². The van der Waals surface area contributed by atoms with Crippen molar-refractivity contribution in [3.05, 3.63) is 29.3 Å². The Morgan fingerprint density at radius 1 is 1.32 bits per heavy atom. The van der Waals surface area contributed by atoms with Crippen LogP contribution < -0.4 is 5.48 Å². The third-order valence-electron chi connectivity index (χ3n) is 3.67. The van der Waals surface area contributed by atoms with Crippen molar-refractivity contribution in [1.82, 2.24) is 0 Å². The molecule has 1 aromatic rings. The van der Waals surface area contributed by atoms with Crippen molar-refractivity contribution in [3.63, 3.8) is 0 Å². The number of aliphatic hydroxyl groups excluding tert-OH is 1.